The molecule has 2 heterocycles. The molecule has 2 aliphatic heterocycles. The van der Waals surface area contributed by atoms with Crippen LogP contribution < -0.4 is 21.7 Å². The number of carboxylic acids is 3. The number of aliphatic carboxylic acids is 3. The minimum absolute atomic E-state index is 0.150. The first-order valence-electron chi connectivity index (χ1n) is 13.9. The molecule has 44 heavy (non-hydrogen) atoms. The molecule has 2 aliphatic rings. The highest BCUT2D eigenvalue weighted by atomic mass is 32.1. The van der Waals surface area contributed by atoms with Crippen molar-refractivity contribution in [1.82, 2.24) is 25.8 Å². The normalized spacial score (nSPS) is 20.6. The smallest absolute Gasteiger partial charge is 0.326 e. The second-order valence-electron chi connectivity index (χ2n) is 10.4. The summed E-state index contributed by atoms with van der Waals surface area (Å²) in [6.45, 7) is 0.385. The highest BCUT2D eigenvalue weighted by molar-refractivity contribution is 7.80. The number of hydrogen-bond acceptors (Lipinski definition) is 11. The van der Waals surface area contributed by atoms with Gasteiger partial charge < -0.3 is 46.8 Å². The molecule has 246 valence electrons. The van der Waals surface area contributed by atoms with Gasteiger partial charge in [0.2, 0.25) is 29.5 Å². The minimum Gasteiger partial charge on any atom is -0.481 e. The summed E-state index contributed by atoms with van der Waals surface area (Å²) in [6, 6.07) is -7.31. The van der Waals surface area contributed by atoms with Gasteiger partial charge in [0.1, 0.15) is 30.2 Å². The van der Waals surface area contributed by atoms with Gasteiger partial charge in [-0.1, -0.05) is 0 Å². The molecule has 0 aromatic carbocycles. The van der Waals surface area contributed by atoms with Crippen LogP contribution in [0.2, 0.25) is 0 Å². The average Bonchev–Trinajstić information content (AvgIpc) is 3.65. The van der Waals surface area contributed by atoms with Crippen molar-refractivity contribution in [3.8, 4) is 0 Å². The quantitative estimate of drug-likeness (QED) is 0.0751. The zero-order chi connectivity index (χ0) is 33.1. The third-order valence-corrected chi connectivity index (χ3v) is 8.00. The summed E-state index contributed by atoms with van der Waals surface area (Å²) in [7, 11) is 0. The fourth-order valence-corrected chi connectivity index (χ4v) is 5.49. The SMILES string of the molecule is NC(CC(=O)O)C(=O)NC(CS)C(=O)N1CCCC1C(=O)N1CCCC1C(=O)NC(CS)C(=O)NC(CCC(=O)O)C(=O)O. The van der Waals surface area contributed by atoms with Crippen molar-refractivity contribution in [2.24, 2.45) is 5.73 Å². The molecular formula is C25H38N6O11S2. The van der Waals surface area contributed by atoms with Crippen LogP contribution in [0.15, 0.2) is 0 Å². The first-order chi connectivity index (χ1) is 20.7. The summed E-state index contributed by atoms with van der Waals surface area (Å²) in [5, 5.41) is 34.1. The molecule has 6 unspecified atom stereocenters. The van der Waals surface area contributed by atoms with Gasteiger partial charge in [0.05, 0.1) is 12.5 Å². The van der Waals surface area contributed by atoms with E-state index in [1.54, 1.807) is 0 Å². The van der Waals surface area contributed by atoms with Crippen LogP contribution >= 0.6 is 25.3 Å². The minimum atomic E-state index is -1.51. The number of carbonyl (C=O) groups is 8. The Morgan fingerprint density at radius 3 is 1.86 bits per heavy atom. The first-order valence-corrected chi connectivity index (χ1v) is 15.1. The Balaban J connectivity index is 2.09. The summed E-state index contributed by atoms with van der Waals surface area (Å²) in [6.07, 6.45) is -0.0694. The summed E-state index contributed by atoms with van der Waals surface area (Å²) in [4.78, 5) is 101. The van der Waals surface area contributed by atoms with Gasteiger partial charge >= 0.3 is 17.9 Å². The lowest BCUT2D eigenvalue weighted by atomic mass is 10.1. The molecule has 0 radical (unpaired) electrons. The van der Waals surface area contributed by atoms with Gasteiger partial charge in [-0.15, -0.1) is 0 Å². The Bertz CT molecular complexity index is 1140. The number of nitrogens with zero attached hydrogens (tertiary/aromatic N) is 2. The number of nitrogens with two attached hydrogens (primary N) is 1. The summed E-state index contributed by atoms with van der Waals surface area (Å²) in [5.41, 5.74) is 5.58. The lowest BCUT2D eigenvalue weighted by Gasteiger charge is -2.33. The summed E-state index contributed by atoms with van der Waals surface area (Å²) >= 11 is 8.18. The van der Waals surface area contributed by atoms with Crippen LogP contribution in [0, 0.1) is 0 Å². The lowest BCUT2D eigenvalue weighted by Crippen LogP contribution is -2.59. The molecule has 2 saturated heterocycles. The van der Waals surface area contributed by atoms with Gasteiger partial charge in [-0.25, -0.2) is 4.79 Å². The maximum atomic E-state index is 13.6. The van der Waals surface area contributed by atoms with Gasteiger partial charge in [0, 0.05) is 31.0 Å². The monoisotopic (exact) mass is 662 g/mol. The van der Waals surface area contributed by atoms with Crippen LogP contribution in [0.25, 0.3) is 0 Å². The molecule has 17 nitrogen and oxygen atoms in total. The predicted molar refractivity (Wildman–Crippen MR) is 158 cm³/mol. The average molecular weight is 663 g/mol. The topological polar surface area (TPSA) is 266 Å². The van der Waals surface area contributed by atoms with E-state index in [0.29, 0.717) is 12.8 Å². The number of rotatable bonds is 16. The largest absolute Gasteiger partial charge is 0.481 e. The Morgan fingerprint density at radius 2 is 1.32 bits per heavy atom. The zero-order valence-corrected chi connectivity index (χ0v) is 25.5. The Morgan fingerprint density at radius 1 is 0.750 bits per heavy atom. The fraction of sp³-hybridized carbons (Fsp3) is 0.680. The molecule has 8 N–H and O–H groups in total. The molecule has 2 fully saturated rings. The maximum absolute atomic E-state index is 13.6. The third kappa shape index (κ3) is 9.98. The Hall–Kier alpha value is -3.58. The van der Waals surface area contributed by atoms with E-state index in [0.717, 1.165) is 0 Å². The molecule has 6 atom stereocenters. The van der Waals surface area contributed by atoms with E-state index in [4.69, 9.17) is 15.9 Å². The lowest BCUT2D eigenvalue weighted by molar-refractivity contribution is -0.148. The number of carboxylic acid groups (broad SMARTS) is 3. The molecular weight excluding hydrogens is 624 g/mol. The third-order valence-electron chi connectivity index (χ3n) is 7.26. The summed E-state index contributed by atoms with van der Waals surface area (Å²) < 4.78 is 0. The van der Waals surface area contributed by atoms with Crippen molar-refractivity contribution >= 4 is 72.7 Å². The highest BCUT2D eigenvalue weighted by Crippen LogP contribution is 2.26. The molecule has 0 bridgehead atoms. The van der Waals surface area contributed by atoms with E-state index >= 15 is 0 Å². The van der Waals surface area contributed by atoms with Gasteiger partial charge in [-0.2, -0.15) is 25.3 Å². The van der Waals surface area contributed by atoms with Gasteiger partial charge in [0.25, 0.3) is 0 Å². The molecule has 0 saturated carbocycles. The number of amides is 5. The van der Waals surface area contributed by atoms with Gasteiger partial charge in [0.15, 0.2) is 0 Å². The van der Waals surface area contributed by atoms with Crippen molar-refractivity contribution in [2.45, 2.75) is 81.2 Å². The summed E-state index contributed by atoms with van der Waals surface area (Å²) in [5.74, 6) is -7.93. The second kappa shape index (κ2) is 17.0. The van der Waals surface area contributed by atoms with Crippen molar-refractivity contribution < 1.29 is 53.7 Å². The van der Waals surface area contributed by atoms with Crippen LogP contribution in [0.4, 0.5) is 0 Å². The molecule has 5 amide bonds. The highest BCUT2D eigenvalue weighted by Gasteiger charge is 2.44. The van der Waals surface area contributed by atoms with Crippen LogP contribution in [-0.4, -0.2) is 133 Å². The number of thiol groups is 2. The molecule has 0 aromatic heterocycles. The van der Waals surface area contributed by atoms with Crippen molar-refractivity contribution in [1.29, 1.82) is 0 Å². The van der Waals surface area contributed by atoms with Crippen molar-refractivity contribution in [3.63, 3.8) is 0 Å². The molecule has 0 spiro atoms. The number of likely N-dealkylation sites (tertiary alicyclic amines) is 2. The molecule has 19 heteroatoms. The Kier molecular flexibility index (Phi) is 14.2. The predicted octanol–water partition coefficient (Wildman–Crippen LogP) is -2.97. The number of hydrogen-bond donors (Lipinski definition) is 9. The van der Waals surface area contributed by atoms with Crippen LogP contribution in [-0.2, 0) is 38.4 Å². The van der Waals surface area contributed by atoms with Gasteiger partial charge in [-0.05, 0) is 32.1 Å². The van der Waals surface area contributed by atoms with E-state index in [2.05, 4.69) is 41.2 Å². The standard InChI is InChI=1S/C25H38N6O11S2/c26-12(9-19(34)35)20(36)29-15(11-44)23(39)31-8-2-4-17(31)24(40)30-7-1-3-16(30)22(38)28-14(10-43)21(37)27-13(25(41)42)5-6-18(32)33/h12-17,43-44H,1-11,26H2,(H,27,37)(H,28,38)(H,29,36)(H,32,33)(H,34,35)(H,41,42). The van der Waals surface area contributed by atoms with Crippen LogP contribution in [0.1, 0.15) is 44.9 Å². The van der Waals surface area contributed by atoms with E-state index in [-0.39, 0.29) is 43.9 Å². The van der Waals surface area contributed by atoms with E-state index in [9.17, 15) is 43.5 Å². The van der Waals surface area contributed by atoms with Crippen LogP contribution in [0.3, 0.4) is 0 Å². The maximum Gasteiger partial charge on any atom is 0.326 e. The van der Waals surface area contributed by atoms with E-state index in [1.165, 1.54) is 9.80 Å². The molecule has 2 rings (SSSR count). The van der Waals surface area contributed by atoms with Gasteiger partial charge in [-0.3, -0.25) is 33.6 Å². The molecule has 0 aliphatic carbocycles. The van der Waals surface area contributed by atoms with Crippen molar-refractivity contribution in [2.75, 3.05) is 24.6 Å². The Labute approximate surface area is 263 Å². The molecule has 0 aromatic rings. The van der Waals surface area contributed by atoms with Crippen molar-refractivity contribution in [3.05, 3.63) is 0 Å². The van der Waals surface area contributed by atoms with E-state index in [1.807, 2.05) is 0 Å². The van der Waals surface area contributed by atoms with E-state index < -0.39 is 96.5 Å². The zero-order valence-electron chi connectivity index (χ0n) is 23.7. The number of carbonyl (C=O) groups excluding carboxylic acids is 5. The number of nitrogens with one attached hydrogen (secondary N) is 3. The first kappa shape index (κ1) is 36.6. The second-order valence-corrected chi connectivity index (χ2v) is 11.1. The fourth-order valence-electron chi connectivity index (χ4n) is 4.99. The van der Waals surface area contributed by atoms with Crippen LogP contribution in [0.5, 0.6) is 0 Å².